The highest BCUT2D eigenvalue weighted by Gasteiger charge is 2.28. The number of pyridine rings is 1. The second-order valence-corrected chi connectivity index (χ2v) is 7.79. The molecule has 0 bridgehead atoms. The standard InChI is InChI=1S/C20H19ClN6O2/c1-11-5-12(2)26-10-14(24-17(26)6-11)8-22-20(28)29-18-7-16(21)25-19-15(13-3-4-13)9-23-27(18)19/h5-7,9-10,13H,3-4,8H2,1-2H3,(H,22,28). The van der Waals surface area contributed by atoms with Crippen molar-refractivity contribution < 1.29 is 9.53 Å². The van der Waals surface area contributed by atoms with E-state index in [-0.39, 0.29) is 17.6 Å². The van der Waals surface area contributed by atoms with Gasteiger partial charge in [-0.1, -0.05) is 11.6 Å². The van der Waals surface area contributed by atoms with E-state index < -0.39 is 6.09 Å². The zero-order chi connectivity index (χ0) is 20.1. The monoisotopic (exact) mass is 410 g/mol. The molecule has 4 heterocycles. The minimum absolute atomic E-state index is 0.228. The van der Waals surface area contributed by atoms with Crippen LogP contribution in [0.1, 0.15) is 41.3 Å². The molecule has 0 saturated heterocycles. The van der Waals surface area contributed by atoms with Crippen LogP contribution in [0.3, 0.4) is 0 Å². The van der Waals surface area contributed by atoms with E-state index in [1.807, 2.05) is 30.5 Å². The molecule has 1 N–H and O–H groups in total. The fourth-order valence-corrected chi connectivity index (χ4v) is 3.71. The second kappa shape index (κ2) is 6.73. The van der Waals surface area contributed by atoms with Crippen LogP contribution in [-0.2, 0) is 6.54 Å². The fraction of sp³-hybridized carbons (Fsp3) is 0.300. The van der Waals surface area contributed by atoms with E-state index in [4.69, 9.17) is 16.3 Å². The first kappa shape index (κ1) is 17.9. The first-order chi connectivity index (χ1) is 14.0. The SMILES string of the molecule is Cc1cc(C)n2cc(CNC(=O)Oc3cc(Cl)nc4c(C5CC5)cnn34)nc2c1. The number of aryl methyl sites for hydroxylation is 2. The van der Waals surface area contributed by atoms with Crippen LogP contribution in [0.25, 0.3) is 11.3 Å². The number of carbonyl (C=O) groups excluding carboxylic acids is 1. The van der Waals surface area contributed by atoms with Crippen LogP contribution in [0, 0.1) is 13.8 Å². The van der Waals surface area contributed by atoms with Gasteiger partial charge in [-0.3, -0.25) is 0 Å². The molecule has 0 radical (unpaired) electrons. The number of ether oxygens (including phenoxy) is 1. The zero-order valence-electron chi connectivity index (χ0n) is 16.0. The van der Waals surface area contributed by atoms with Crippen LogP contribution in [0.2, 0.25) is 5.15 Å². The van der Waals surface area contributed by atoms with Crippen LogP contribution < -0.4 is 10.1 Å². The van der Waals surface area contributed by atoms with Crippen LogP contribution in [-0.4, -0.2) is 30.1 Å². The minimum atomic E-state index is -0.609. The van der Waals surface area contributed by atoms with Crippen LogP contribution in [0.15, 0.2) is 30.6 Å². The zero-order valence-corrected chi connectivity index (χ0v) is 16.8. The molecule has 0 spiro atoms. The Labute approximate surface area is 171 Å². The van der Waals surface area contributed by atoms with E-state index in [0.717, 1.165) is 41.0 Å². The number of nitrogens with one attached hydrogen (secondary N) is 1. The lowest BCUT2D eigenvalue weighted by Crippen LogP contribution is -2.27. The number of hydrogen-bond acceptors (Lipinski definition) is 5. The summed E-state index contributed by atoms with van der Waals surface area (Å²) >= 11 is 6.13. The third kappa shape index (κ3) is 3.40. The lowest BCUT2D eigenvalue weighted by atomic mass is 10.2. The van der Waals surface area contributed by atoms with Gasteiger partial charge in [-0.05, 0) is 50.3 Å². The molecule has 0 atom stereocenters. The molecular weight excluding hydrogens is 392 g/mol. The molecule has 29 heavy (non-hydrogen) atoms. The van der Waals surface area contributed by atoms with Crippen molar-refractivity contribution in [1.82, 2.24) is 29.3 Å². The summed E-state index contributed by atoms with van der Waals surface area (Å²) in [6.07, 6.45) is 5.29. The van der Waals surface area contributed by atoms with Crippen molar-refractivity contribution in [2.45, 2.75) is 39.2 Å². The number of aromatic nitrogens is 5. The highest BCUT2D eigenvalue weighted by Crippen LogP contribution is 2.42. The van der Waals surface area contributed by atoms with E-state index in [2.05, 4.69) is 26.4 Å². The number of amides is 1. The number of halogens is 1. The van der Waals surface area contributed by atoms with Crippen molar-refractivity contribution in [3.8, 4) is 5.88 Å². The molecule has 1 saturated carbocycles. The van der Waals surface area contributed by atoms with Gasteiger partial charge in [0.25, 0.3) is 0 Å². The molecule has 148 valence electrons. The van der Waals surface area contributed by atoms with Gasteiger partial charge in [0.2, 0.25) is 5.88 Å². The normalized spacial score (nSPS) is 13.9. The molecule has 0 aromatic carbocycles. The van der Waals surface area contributed by atoms with Gasteiger partial charge < -0.3 is 14.5 Å². The number of imidazole rings is 1. The molecule has 9 heteroatoms. The summed E-state index contributed by atoms with van der Waals surface area (Å²) in [7, 11) is 0. The molecule has 4 aromatic rings. The Bertz CT molecular complexity index is 1260. The predicted molar refractivity (Wildman–Crippen MR) is 108 cm³/mol. The summed E-state index contributed by atoms with van der Waals surface area (Å²) in [6.45, 7) is 4.29. The van der Waals surface area contributed by atoms with Gasteiger partial charge in [0.1, 0.15) is 10.8 Å². The molecule has 1 fully saturated rings. The Hall–Kier alpha value is -3.13. The van der Waals surface area contributed by atoms with E-state index in [1.54, 1.807) is 6.20 Å². The number of hydrogen-bond donors (Lipinski definition) is 1. The number of fused-ring (bicyclic) bond motifs is 2. The highest BCUT2D eigenvalue weighted by molar-refractivity contribution is 6.29. The topological polar surface area (TPSA) is 85.8 Å². The summed E-state index contributed by atoms with van der Waals surface area (Å²) in [5.41, 5.74) is 5.48. The maximum atomic E-state index is 12.4. The molecule has 1 amide bonds. The van der Waals surface area contributed by atoms with Crippen molar-refractivity contribution in [2.75, 3.05) is 0 Å². The Balaban J connectivity index is 1.33. The second-order valence-electron chi connectivity index (χ2n) is 7.40. The minimum Gasteiger partial charge on any atom is -0.391 e. The van der Waals surface area contributed by atoms with Gasteiger partial charge in [0, 0.05) is 23.5 Å². The molecular formula is C20H19ClN6O2. The molecule has 5 rings (SSSR count). The number of nitrogens with zero attached hydrogens (tertiary/aromatic N) is 5. The summed E-state index contributed by atoms with van der Waals surface area (Å²) in [5, 5.41) is 7.30. The van der Waals surface area contributed by atoms with Crippen molar-refractivity contribution in [3.05, 3.63) is 58.3 Å². The Morgan fingerprint density at radius 2 is 2.10 bits per heavy atom. The van der Waals surface area contributed by atoms with Gasteiger partial charge in [0.05, 0.1) is 18.4 Å². The maximum absolute atomic E-state index is 12.4. The Morgan fingerprint density at radius 1 is 1.28 bits per heavy atom. The first-order valence-electron chi connectivity index (χ1n) is 9.43. The average Bonchev–Trinajstić information content (AvgIpc) is 3.27. The molecule has 1 aliphatic carbocycles. The smallest absolute Gasteiger partial charge is 0.391 e. The highest BCUT2D eigenvalue weighted by atomic mass is 35.5. The first-order valence-corrected chi connectivity index (χ1v) is 9.81. The Kier molecular flexibility index (Phi) is 4.16. The van der Waals surface area contributed by atoms with Crippen LogP contribution in [0.5, 0.6) is 5.88 Å². The van der Waals surface area contributed by atoms with Crippen LogP contribution >= 0.6 is 11.6 Å². The average molecular weight is 411 g/mol. The summed E-state index contributed by atoms with van der Waals surface area (Å²) < 4.78 is 8.95. The maximum Gasteiger partial charge on any atom is 0.414 e. The van der Waals surface area contributed by atoms with Crippen molar-refractivity contribution in [1.29, 1.82) is 0 Å². The lowest BCUT2D eigenvalue weighted by molar-refractivity contribution is 0.196. The Morgan fingerprint density at radius 3 is 2.90 bits per heavy atom. The fourth-order valence-electron chi connectivity index (χ4n) is 3.53. The predicted octanol–water partition coefficient (Wildman–Crippen LogP) is 3.81. The van der Waals surface area contributed by atoms with E-state index in [0.29, 0.717) is 11.6 Å². The van der Waals surface area contributed by atoms with E-state index >= 15 is 0 Å². The van der Waals surface area contributed by atoms with Crippen molar-refractivity contribution in [2.24, 2.45) is 0 Å². The summed E-state index contributed by atoms with van der Waals surface area (Å²) in [4.78, 5) is 21.2. The molecule has 1 aliphatic rings. The van der Waals surface area contributed by atoms with E-state index in [9.17, 15) is 4.79 Å². The summed E-state index contributed by atoms with van der Waals surface area (Å²) in [6, 6.07) is 5.56. The number of carbonyl (C=O) groups is 1. The summed E-state index contributed by atoms with van der Waals surface area (Å²) in [5.74, 6) is 0.688. The van der Waals surface area contributed by atoms with Crippen molar-refractivity contribution >= 4 is 29.0 Å². The van der Waals surface area contributed by atoms with Crippen molar-refractivity contribution in [3.63, 3.8) is 0 Å². The third-order valence-electron chi connectivity index (χ3n) is 5.02. The van der Waals surface area contributed by atoms with Gasteiger partial charge >= 0.3 is 6.09 Å². The molecule has 0 unspecified atom stereocenters. The molecule has 0 aliphatic heterocycles. The quantitative estimate of drug-likeness (QED) is 0.517. The van der Waals surface area contributed by atoms with Gasteiger partial charge in [0.15, 0.2) is 5.65 Å². The van der Waals surface area contributed by atoms with Crippen LogP contribution in [0.4, 0.5) is 4.79 Å². The van der Waals surface area contributed by atoms with Gasteiger partial charge in [-0.25, -0.2) is 14.8 Å². The number of rotatable bonds is 4. The van der Waals surface area contributed by atoms with E-state index in [1.165, 1.54) is 10.6 Å². The van der Waals surface area contributed by atoms with Gasteiger partial charge in [-0.2, -0.15) is 9.61 Å². The molecule has 8 nitrogen and oxygen atoms in total. The lowest BCUT2D eigenvalue weighted by Gasteiger charge is -2.07. The third-order valence-corrected chi connectivity index (χ3v) is 5.21. The molecule has 4 aromatic heterocycles. The van der Waals surface area contributed by atoms with Gasteiger partial charge in [-0.15, -0.1) is 0 Å². The largest absolute Gasteiger partial charge is 0.414 e.